The van der Waals surface area contributed by atoms with E-state index in [-0.39, 0.29) is 0 Å². The highest BCUT2D eigenvalue weighted by molar-refractivity contribution is 4.72. The van der Waals surface area contributed by atoms with Crippen molar-refractivity contribution in [2.75, 3.05) is 0 Å². The van der Waals surface area contributed by atoms with Crippen LogP contribution in [0.5, 0.6) is 0 Å². The normalized spacial score (nSPS) is 29.2. The Bertz CT molecular complexity index is 324. The average molecular weight is 116 g/mol. The number of nitriles is 2. The molecule has 0 aliphatic rings. The lowest BCUT2D eigenvalue weighted by atomic mass is 10.2. The van der Waals surface area contributed by atoms with E-state index in [0.717, 1.165) is 12.1 Å². The van der Waals surface area contributed by atoms with E-state index in [9.17, 15) is 0 Å². The molecule has 0 spiro atoms. The topological polar surface area (TPSA) is 47.6 Å². The quantitative estimate of drug-likeness (QED) is 0.562. The van der Waals surface area contributed by atoms with Crippen molar-refractivity contribution in [3.05, 3.63) is 0 Å². The Kier molecular flexibility index (Phi) is 0.955. The third-order valence-electron chi connectivity index (χ3n) is 0.299. The van der Waals surface area contributed by atoms with Gasteiger partial charge < -0.3 is 0 Å². The highest BCUT2D eigenvalue weighted by Crippen LogP contribution is 1.95. The summed E-state index contributed by atoms with van der Waals surface area (Å²) >= 11 is 0. The first-order valence-corrected chi connectivity index (χ1v) is 1.70. The summed E-state index contributed by atoms with van der Waals surface area (Å²) in [4.78, 5) is 0. The molecular weight excluding hydrogens is 100 g/mol. The number of nitrogens with zero attached hydrogens (tertiary/aromatic N) is 2. The van der Waals surface area contributed by atoms with Crippen molar-refractivity contribution >= 4 is 0 Å². The zero-order valence-corrected chi connectivity index (χ0v) is 3.89. The Morgan fingerprint density at radius 2 is 1.50 bits per heavy atom. The van der Waals surface area contributed by atoms with Gasteiger partial charge in [-0.1, -0.05) is 0 Å². The predicted octanol–water partition coefficient (Wildman–Crippen LogP) is 1.59. The van der Waals surface area contributed by atoms with Crippen LogP contribution in [-0.2, 0) is 0 Å². The van der Waals surface area contributed by atoms with E-state index < -0.39 is 25.5 Å². The standard InChI is InChI=1S/C6H8N2/c7-5-3-1-2-4-6-8/h1-4H2/i1D2,2D2,3D2,4D2. The van der Waals surface area contributed by atoms with Gasteiger partial charge in [-0.25, -0.2) is 0 Å². The third-order valence-corrected chi connectivity index (χ3v) is 0.299. The summed E-state index contributed by atoms with van der Waals surface area (Å²) in [5.74, 6) is 0. The van der Waals surface area contributed by atoms with Gasteiger partial charge in [-0.2, -0.15) is 10.5 Å². The highest BCUT2D eigenvalue weighted by Gasteiger charge is 1.83. The molecule has 8 heavy (non-hydrogen) atoms. The van der Waals surface area contributed by atoms with Crippen LogP contribution in [0.4, 0.5) is 0 Å². The van der Waals surface area contributed by atoms with Crippen LogP contribution in [0.25, 0.3) is 0 Å². The lowest BCUT2D eigenvalue weighted by Crippen LogP contribution is -1.70. The van der Waals surface area contributed by atoms with Crippen LogP contribution in [0.2, 0.25) is 0 Å². The van der Waals surface area contributed by atoms with Crippen LogP contribution in [0, 0.1) is 22.7 Å². The van der Waals surface area contributed by atoms with Gasteiger partial charge in [0.1, 0.15) is 0 Å². The zero-order chi connectivity index (χ0) is 13.4. The first-order chi connectivity index (χ1) is 6.87. The van der Waals surface area contributed by atoms with Gasteiger partial charge in [-0.3, -0.25) is 0 Å². The van der Waals surface area contributed by atoms with E-state index in [2.05, 4.69) is 0 Å². The molecule has 0 aromatic rings. The first-order valence-electron chi connectivity index (χ1n) is 5.70. The van der Waals surface area contributed by atoms with E-state index in [1.807, 2.05) is 0 Å². The fraction of sp³-hybridized carbons (Fsp3) is 0.667. The second kappa shape index (κ2) is 5.98. The molecule has 0 aliphatic carbocycles. The molecule has 0 aromatic carbocycles. The molecule has 0 heterocycles. The maximum atomic E-state index is 8.39. The average Bonchev–Trinajstić information content (AvgIpc) is 2.16. The number of hydrogen-bond donors (Lipinski definition) is 0. The van der Waals surface area contributed by atoms with Crippen LogP contribution in [0.15, 0.2) is 0 Å². The fourth-order valence-corrected chi connectivity index (χ4v) is 0.118. The summed E-state index contributed by atoms with van der Waals surface area (Å²) in [6.45, 7) is 0. The largest absolute Gasteiger partial charge is 0.198 e. The number of hydrogen-bond acceptors (Lipinski definition) is 2. The van der Waals surface area contributed by atoms with E-state index in [0.29, 0.717) is 0 Å². The lowest BCUT2D eigenvalue weighted by Gasteiger charge is -1.83. The van der Waals surface area contributed by atoms with Gasteiger partial charge in [0.25, 0.3) is 0 Å². The van der Waals surface area contributed by atoms with Gasteiger partial charge >= 0.3 is 0 Å². The Labute approximate surface area is 60.6 Å². The van der Waals surface area contributed by atoms with Gasteiger partial charge in [0.2, 0.25) is 0 Å². The van der Waals surface area contributed by atoms with E-state index in [1.165, 1.54) is 0 Å². The molecule has 0 aromatic heterocycles. The second-order valence-electron chi connectivity index (χ2n) is 0.724. The van der Waals surface area contributed by atoms with Gasteiger partial charge in [0, 0.05) is 23.7 Å². The molecule has 2 heteroatoms. The van der Waals surface area contributed by atoms with E-state index in [1.54, 1.807) is 0 Å². The second-order valence-corrected chi connectivity index (χ2v) is 0.724. The molecule has 0 radical (unpaired) electrons. The molecule has 2 nitrogen and oxygen atoms in total. The summed E-state index contributed by atoms with van der Waals surface area (Å²) in [6, 6.07) is 1.85. The van der Waals surface area contributed by atoms with Crippen molar-refractivity contribution in [3.8, 4) is 12.1 Å². The minimum absolute atomic E-state index is 0.926. The van der Waals surface area contributed by atoms with Crippen molar-refractivity contribution in [2.24, 2.45) is 0 Å². The van der Waals surface area contributed by atoms with Crippen LogP contribution in [0.1, 0.15) is 36.5 Å². The monoisotopic (exact) mass is 116 g/mol. The minimum atomic E-state index is -3.46. The molecule has 0 aliphatic heterocycles. The van der Waals surface area contributed by atoms with Crippen molar-refractivity contribution in [1.29, 1.82) is 10.5 Å². The van der Waals surface area contributed by atoms with Gasteiger partial charge in [-0.05, 0) is 12.7 Å². The molecule has 0 fully saturated rings. The number of rotatable bonds is 3. The molecule has 0 atom stereocenters. The molecule has 0 saturated carbocycles. The molecule has 0 unspecified atom stereocenters. The van der Waals surface area contributed by atoms with Crippen LogP contribution in [-0.4, -0.2) is 0 Å². The predicted molar refractivity (Wildman–Crippen MR) is 29.7 cm³/mol. The summed E-state index contributed by atoms with van der Waals surface area (Å²) < 4.78 is 56.8. The fourth-order valence-electron chi connectivity index (χ4n) is 0.118. The minimum Gasteiger partial charge on any atom is -0.198 e. The van der Waals surface area contributed by atoms with Crippen molar-refractivity contribution in [3.63, 3.8) is 0 Å². The molecule has 0 amide bonds. The van der Waals surface area contributed by atoms with Crippen LogP contribution >= 0.6 is 0 Å². The third kappa shape index (κ3) is 4.98. The Morgan fingerprint density at radius 1 is 1.12 bits per heavy atom. The molecule has 0 N–H and O–H groups in total. The molecule has 42 valence electrons. The van der Waals surface area contributed by atoms with Crippen molar-refractivity contribution < 1.29 is 11.0 Å². The van der Waals surface area contributed by atoms with E-state index >= 15 is 0 Å². The van der Waals surface area contributed by atoms with E-state index in [4.69, 9.17) is 21.5 Å². The Balaban J connectivity index is 5.70. The van der Waals surface area contributed by atoms with Crippen molar-refractivity contribution in [1.82, 2.24) is 0 Å². The molecule has 0 saturated heterocycles. The smallest absolute Gasteiger partial charge is 0.0621 e. The summed E-state index contributed by atoms with van der Waals surface area (Å²) in [5, 5.41) is 16.8. The molecule has 0 rings (SSSR count). The lowest BCUT2D eigenvalue weighted by molar-refractivity contribution is 0.773. The van der Waals surface area contributed by atoms with Gasteiger partial charge in [0.15, 0.2) is 0 Å². The highest BCUT2D eigenvalue weighted by atomic mass is 14.2. The van der Waals surface area contributed by atoms with Crippen LogP contribution in [0.3, 0.4) is 0 Å². The summed E-state index contributed by atoms with van der Waals surface area (Å²) in [7, 11) is 0. The molecule has 0 bridgehead atoms. The van der Waals surface area contributed by atoms with Gasteiger partial charge in [0.05, 0.1) is 12.1 Å². The SMILES string of the molecule is [2H]C([2H])(C#N)C([2H])([2H])C([2H])([2H])C([2H])([2H])C#N. The Morgan fingerprint density at radius 3 is 1.75 bits per heavy atom. The Hall–Kier alpha value is -1.02. The maximum absolute atomic E-state index is 8.39. The summed E-state index contributed by atoms with van der Waals surface area (Å²) in [6.07, 6.45) is -13.4. The van der Waals surface area contributed by atoms with Gasteiger partial charge in [-0.15, -0.1) is 0 Å². The zero-order valence-electron chi connectivity index (χ0n) is 11.9. The molecular formula is C6H8N2. The maximum Gasteiger partial charge on any atom is 0.0621 e. The first kappa shape index (κ1) is 1.28. The summed E-state index contributed by atoms with van der Waals surface area (Å²) in [5.41, 5.74) is 0. The van der Waals surface area contributed by atoms with Crippen molar-refractivity contribution in [2.45, 2.75) is 25.5 Å². The van der Waals surface area contributed by atoms with Crippen LogP contribution < -0.4 is 0 Å².